The van der Waals surface area contributed by atoms with Gasteiger partial charge in [-0.05, 0) is 12.1 Å². The lowest BCUT2D eigenvalue weighted by atomic mass is 10.2. The molecule has 6 nitrogen and oxygen atoms in total. The maximum atomic E-state index is 12.3. The average molecular weight is 335 g/mol. The predicted molar refractivity (Wildman–Crippen MR) is 76.8 cm³/mol. The second-order valence-corrected chi connectivity index (χ2v) is 6.68. The summed E-state index contributed by atoms with van der Waals surface area (Å²) in [7, 11) is -2.58. The second kappa shape index (κ2) is 5.96. The average Bonchev–Trinajstić information content (AvgIpc) is 2.89. The number of hydrogen-bond acceptors (Lipinski definition) is 6. The number of halogens is 1. The molecule has 2 N–H and O–H groups in total. The van der Waals surface area contributed by atoms with Crippen LogP contribution in [0.3, 0.4) is 0 Å². The molecule has 2 aromatic rings. The summed E-state index contributed by atoms with van der Waals surface area (Å²) in [6, 6.07) is 2.71. The van der Waals surface area contributed by atoms with Crippen LogP contribution in [0.4, 0.5) is 5.13 Å². The molecule has 0 unspecified atom stereocenters. The number of methoxy groups -OCH3 is 1. The number of sulfonamides is 1. The van der Waals surface area contributed by atoms with E-state index in [0.717, 1.165) is 11.3 Å². The molecule has 0 aliphatic rings. The summed E-state index contributed by atoms with van der Waals surface area (Å²) in [6.07, 6.45) is 1.48. The minimum atomic E-state index is -3.90. The fraction of sp³-hybridized carbons (Fsp3) is 0.182. The van der Waals surface area contributed by atoms with Gasteiger partial charge in [0.15, 0.2) is 5.13 Å². The zero-order chi connectivity index (χ0) is 14.8. The van der Waals surface area contributed by atoms with Crippen molar-refractivity contribution >= 4 is 38.1 Å². The minimum Gasteiger partial charge on any atom is -0.495 e. The van der Waals surface area contributed by atoms with Gasteiger partial charge in [-0.15, -0.1) is 11.3 Å². The fourth-order valence-electron chi connectivity index (χ4n) is 1.62. The number of benzene rings is 1. The van der Waals surface area contributed by atoms with Crippen LogP contribution in [0.25, 0.3) is 0 Å². The van der Waals surface area contributed by atoms with E-state index in [4.69, 9.17) is 16.3 Å². The van der Waals surface area contributed by atoms with Crippen LogP contribution in [0.15, 0.2) is 28.6 Å². The van der Waals surface area contributed by atoms with Crippen molar-refractivity contribution in [3.63, 3.8) is 0 Å². The fourth-order valence-corrected chi connectivity index (χ4v) is 3.95. The Bertz CT molecular complexity index is 701. The van der Waals surface area contributed by atoms with Gasteiger partial charge in [0.2, 0.25) is 0 Å². The van der Waals surface area contributed by atoms with E-state index < -0.39 is 10.0 Å². The van der Waals surface area contributed by atoms with Crippen molar-refractivity contribution in [3.05, 3.63) is 34.3 Å². The third-order valence-electron chi connectivity index (χ3n) is 2.41. The van der Waals surface area contributed by atoms with Gasteiger partial charge in [-0.25, -0.2) is 13.4 Å². The Labute approximate surface area is 125 Å². The van der Waals surface area contributed by atoms with Gasteiger partial charge in [-0.2, -0.15) is 0 Å². The topological polar surface area (TPSA) is 88.5 Å². The third kappa shape index (κ3) is 3.04. The molecule has 0 spiro atoms. The number of aromatic nitrogens is 1. The Balaban J connectivity index is 2.53. The lowest BCUT2D eigenvalue weighted by molar-refractivity contribution is 0.272. The van der Waals surface area contributed by atoms with E-state index in [0.29, 0.717) is 5.56 Å². The van der Waals surface area contributed by atoms with Crippen molar-refractivity contribution < 1.29 is 18.3 Å². The van der Waals surface area contributed by atoms with Crippen LogP contribution in [0.5, 0.6) is 5.75 Å². The summed E-state index contributed by atoms with van der Waals surface area (Å²) >= 11 is 7.02. The minimum absolute atomic E-state index is 0.0564. The standard InChI is InChI=1S/C11H11ClN2O4S2/c1-18-10-7(6-15)4-8(12)5-9(10)20(16,17)14-11-13-2-3-19-11/h2-5,15H,6H2,1H3,(H,13,14). The molecule has 108 valence electrons. The molecule has 0 aliphatic heterocycles. The molecule has 1 heterocycles. The third-order valence-corrected chi connectivity index (χ3v) is 4.79. The van der Waals surface area contributed by atoms with Gasteiger partial charge < -0.3 is 9.84 Å². The summed E-state index contributed by atoms with van der Waals surface area (Å²) in [6.45, 7) is -0.385. The lowest BCUT2D eigenvalue weighted by Gasteiger charge is -2.13. The Kier molecular flexibility index (Phi) is 4.48. The first kappa shape index (κ1) is 15.0. The van der Waals surface area contributed by atoms with Crippen LogP contribution in [0, 0.1) is 0 Å². The number of aliphatic hydroxyl groups is 1. The summed E-state index contributed by atoms with van der Waals surface area (Å²) < 4.78 is 32.1. The molecule has 0 fully saturated rings. The molecule has 0 radical (unpaired) electrons. The summed E-state index contributed by atoms with van der Waals surface area (Å²) in [4.78, 5) is 3.71. The lowest BCUT2D eigenvalue weighted by Crippen LogP contribution is -2.14. The molecule has 20 heavy (non-hydrogen) atoms. The number of hydrogen-bond donors (Lipinski definition) is 2. The van der Waals surface area contributed by atoms with E-state index in [1.807, 2.05) is 0 Å². The molecule has 2 rings (SSSR count). The van der Waals surface area contributed by atoms with E-state index in [2.05, 4.69) is 9.71 Å². The second-order valence-electron chi connectivity index (χ2n) is 3.70. The maximum absolute atomic E-state index is 12.3. The quantitative estimate of drug-likeness (QED) is 0.874. The molecule has 0 bridgehead atoms. The number of rotatable bonds is 5. The summed E-state index contributed by atoms with van der Waals surface area (Å²) in [5, 5.41) is 11.3. The zero-order valence-electron chi connectivity index (χ0n) is 10.3. The van der Waals surface area contributed by atoms with Crippen molar-refractivity contribution in [2.45, 2.75) is 11.5 Å². The van der Waals surface area contributed by atoms with E-state index in [-0.39, 0.29) is 27.4 Å². The molecule has 1 aromatic heterocycles. The predicted octanol–water partition coefficient (Wildman–Crippen LogP) is 2.10. The molecule has 0 atom stereocenters. The van der Waals surface area contributed by atoms with Crippen molar-refractivity contribution in [1.29, 1.82) is 0 Å². The number of thiazole rings is 1. The highest BCUT2D eigenvalue weighted by Gasteiger charge is 2.23. The number of aliphatic hydroxyl groups excluding tert-OH is 1. The van der Waals surface area contributed by atoms with Crippen LogP contribution in [0.1, 0.15) is 5.56 Å². The van der Waals surface area contributed by atoms with Gasteiger partial charge >= 0.3 is 0 Å². The van der Waals surface area contributed by atoms with Crippen LogP contribution in [-0.2, 0) is 16.6 Å². The number of nitrogens with one attached hydrogen (secondary N) is 1. The van der Waals surface area contributed by atoms with Crippen molar-refractivity contribution in [1.82, 2.24) is 4.98 Å². The van der Waals surface area contributed by atoms with Gasteiger partial charge in [0.05, 0.1) is 13.7 Å². The molecule has 1 aromatic carbocycles. The van der Waals surface area contributed by atoms with Crippen molar-refractivity contribution in [3.8, 4) is 5.75 Å². The summed E-state index contributed by atoms with van der Waals surface area (Å²) in [5.41, 5.74) is 0.291. The normalized spacial score (nSPS) is 11.3. The highest BCUT2D eigenvalue weighted by molar-refractivity contribution is 7.93. The molecule has 0 saturated carbocycles. The molecule has 0 saturated heterocycles. The van der Waals surface area contributed by atoms with E-state index in [9.17, 15) is 13.5 Å². The number of anilines is 1. The van der Waals surface area contributed by atoms with Crippen LogP contribution < -0.4 is 9.46 Å². The molecule has 0 aliphatic carbocycles. The smallest absolute Gasteiger partial charge is 0.267 e. The van der Waals surface area contributed by atoms with E-state index in [1.165, 1.54) is 25.4 Å². The molecular weight excluding hydrogens is 324 g/mol. The first-order valence-electron chi connectivity index (χ1n) is 5.37. The Morgan fingerprint density at radius 2 is 2.25 bits per heavy atom. The number of nitrogens with zero attached hydrogens (tertiary/aromatic N) is 1. The molecule has 9 heteroatoms. The maximum Gasteiger partial charge on any atom is 0.267 e. The Morgan fingerprint density at radius 1 is 1.50 bits per heavy atom. The zero-order valence-corrected chi connectivity index (χ0v) is 12.7. The Morgan fingerprint density at radius 3 is 2.80 bits per heavy atom. The highest BCUT2D eigenvalue weighted by atomic mass is 35.5. The van der Waals surface area contributed by atoms with Crippen LogP contribution in [-0.4, -0.2) is 25.6 Å². The van der Waals surface area contributed by atoms with E-state index in [1.54, 1.807) is 5.38 Å². The van der Waals surface area contributed by atoms with Crippen LogP contribution >= 0.6 is 22.9 Å². The summed E-state index contributed by atoms with van der Waals surface area (Å²) in [5.74, 6) is 0.0564. The van der Waals surface area contributed by atoms with Gasteiger partial charge in [0.1, 0.15) is 10.6 Å². The first-order valence-corrected chi connectivity index (χ1v) is 8.11. The van der Waals surface area contributed by atoms with Gasteiger partial charge in [-0.1, -0.05) is 11.6 Å². The van der Waals surface area contributed by atoms with Crippen LogP contribution in [0.2, 0.25) is 5.02 Å². The largest absolute Gasteiger partial charge is 0.495 e. The highest BCUT2D eigenvalue weighted by Crippen LogP contribution is 2.33. The molecule has 0 amide bonds. The van der Waals surface area contributed by atoms with Crippen molar-refractivity contribution in [2.24, 2.45) is 0 Å². The van der Waals surface area contributed by atoms with E-state index >= 15 is 0 Å². The monoisotopic (exact) mass is 334 g/mol. The van der Waals surface area contributed by atoms with Gasteiger partial charge in [0, 0.05) is 22.2 Å². The first-order chi connectivity index (χ1) is 9.47. The Hall–Kier alpha value is -1.35. The van der Waals surface area contributed by atoms with Gasteiger partial charge in [0.25, 0.3) is 10.0 Å². The van der Waals surface area contributed by atoms with Crippen molar-refractivity contribution in [2.75, 3.05) is 11.8 Å². The number of ether oxygens (including phenoxy) is 1. The van der Waals surface area contributed by atoms with Gasteiger partial charge in [-0.3, -0.25) is 4.72 Å². The molecular formula is C11H11ClN2O4S2. The SMILES string of the molecule is COc1c(CO)cc(Cl)cc1S(=O)(=O)Nc1nccs1.